The first kappa shape index (κ1) is 21.9. The minimum atomic E-state index is 0.113. The largest absolute Gasteiger partial charge is 0.374 e. The first-order valence-electron chi connectivity index (χ1n) is 13.2. The molecule has 1 aliphatic carbocycles. The van der Waals surface area contributed by atoms with Crippen LogP contribution in [0, 0.1) is 11.8 Å². The number of anilines is 4. The van der Waals surface area contributed by atoms with Crippen LogP contribution >= 0.6 is 0 Å². The molecule has 4 aliphatic heterocycles. The zero-order valence-corrected chi connectivity index (χ0v) is 20.2. The average Bonchev–Trinajstić information content (AvgIpc) is 3.06. The van der Waals surface area contributed by atoms with Crippen molar-refractivity contribution in [3.63, 3.8) is 0 Å². The maximum Gasteiger partial charge on any atom is 0.230 e. The van der Waals surface area contributed by atoms with Gasteiger partial charge in [0, 0.05) is 29.9 Å². The number of hydrogen-bond acceptors (Lipinski definition) is 5. The second-order valence-electron chi connectivity index (χ2n) is 10.6. The molecule has 34 heavy (non-hydrogen) atoms. The number of ether oxygens (including phenoxy) is 1. The maximum absolute atomic E-state index is 14.0. The minimum absolute atomic E-state index is 0.113. The summed E-state index contributed by atoms with van der Waals surface area (Å²) in [6.07, 6.45) is 11.4. The number of nitrogens with one attached hydrogen (secondary N) is 1. The van der Waals surface area contributed by atoms with E-state index in [0.717, 1.165) is 61.1 Å². The number of amides is 1. The van der Waals surface area contributed by atoms with E-state index < -0.39 is 0 Å². The Kier molecular flexibility index (Phi) is 5.94. The number of nitrogens with zero attached hydrogens (tertiary/aromatic N) is 3. The van der Waals surface area contributed by atoms with E-state index in [4.69, 9.17) is 4.74 Å². The molecule has 7 rings (SSSR count). The van der Waals surface area contributed by atoms with Crippen LogP contribution in [0.15, 0.2) is 36.5 Å². The molecule has 1 aromatic heterocycles. The first-order valence-corrected chi connectivity index (χ1v) is 13.2. The Morgan fingerprint density at radius 2 is 2.03 bits per heavy atom. The summed E-state index contributed by atoms with van der Waals surface area (Å²) in [7, 11) is 0. The van der Waals surface area contributed by atoms with Crippen LogP contribution in [-0.4, -0.2) is 36.2 Å². The van der Waals surface area contributed by atoms with E-state index >= 15 is 0 Å². The monoisotopic (exact) mass is 460 g/mol. The Morgan fingerprint density at radius 1 is 1.15 bits per heavy atom. The summed E-state index contributed by atoms with van der Waals surface area (Å²) < 4.78 is 5.94. The Morgan fingerprint density at radius 3 is 2.76 bits per heavy atom. The standard InChI is InChI=1S/C28H36N4O2/c1-2-4-19-6-8-20(9-7-19)28(33)32-16-21-5-3-14-29-27(21)30-25-13-11-22(15-26(25)32)31-17-24-12-10-23(31)18-34-24/h3,5,11,13-15,19-20,23-24H,2,4,6-10,12,16-18H2,1H3,(H,29,30)/t19-,20-,23?,24?. The lowest BCUT2D eigenvalue weighted by Gasteiger charge is -2.46. The van der Waals surface area contributed by atoms with E-state index in [1.54, 1.807) is 0 Å². The number of fused-ring (bicyclic) bond motifs is 5. The summed E-state index contributed by atoms with van der Waals surface area (Å²) in [4.78, 5) is 23.1. The third-order valence-corrected chi connectivity index (χ3v) is 8.42. The normalized spacial score (nSPS) is 28.0. The Balaban J connectivity index is 1.32. The highest BCUT2D eigenvalue weighted by Gasteiger charge is 2.36. The molecule has 1 amide bonds. The van der Waals surface area contributed by atoms with Gasteiger partial charge in [-0.05, 0) is 68.7 Å². The fourth-order valence-electron chi connectivity index (χ4n) is 6.48. The number of carbonyl (C=O) groups excluding carboxylic acids is 1. The summed E-state index contributed by atoms with van der Waals surface area (Å²) in [6.45, 7) is 4.57. The SMILES string of the molecule is CCC[C@H]1CC[C@H](C(=O)N2Cc3cccnc3Nc3ccc(N4CC5CCC4CO5)cc32)CC1. The smallest absolute Gasteiger partial charge is 0.230 e. The molecule has 1 saturated carbocycles. The van der Waals surface area contributed by atoms with Gasteiger partial charge in [-0.1, -0.05) is 25.8 Å². The van der Waals surface area contributed by atoms with E-state index in [2.05, 4.69) is 46.4 Å². The van der Waals surface area contributed by atoms with Gasteiger partial charge in [0.25, 0.3) is 0 Å². The van der Waals surface area contributed by atoms with E-state index in [-0.39, 0.29) is 11.8 Å². The molecule has 6 heteroatoms. The Labute approximate surface area is 202 Å². The maximum atomic E-state index is 14.0. The van der Waals surface area contributed by atoms with Gasteiger partial charge in [-0.15, -0.1) is 0 Å². The fraction of sp³-hybridized carbons (Fsp3) is 0.571. The zero-order valence-electron chi connectivity index (χ0n) is 20.2. The summed E-state index contributed by atoms with van der Waals surface area (Å²) in [5, 5.41) is 3.53. The quantitative estimate of drug-likeness (QED) is 0.639. The van der Waals surface area contributed by atoms with Gasteiger partial charge < -0.3 is 19.9 Å². The van der Waals surface area contributed by atoms with Crippen LogP contribution in [0.3, 0.4) is 0 Å². The number of pyridine rings is 1. The predicted molar refractivity (Wildman–Crippen MR) is 136 cm³/mol. The number of morpholine rings is 1. The van der Waals surface area contributed by atoms with Crippen molar-refractivity contribution >= 4 is 28.8 Å². The van der Waals surface area contributed by atoms with E-state index in [1.807, 2.05) is 17.2 Å². The number of rotatable bonds is 4. The molecule has 1 N–H and O–H groups in total. The number of benzene rings is 1. The molecule has 180 valence electrons. The molecule has 5 heterocycles. The van der Waals surface area contributed by atoms with Crippen LogP contribution in [-0.2, 0) is 16.1 Å². The second kappa shape index (κ2) is 9.21. The van der Waals surface area contributed by atoms with Crippen LogP contribution in [0.25, 0.3) is 0 Å². The average molecular weight is 461 g/mol. The molecule has 2 atom stereocenters. The Hall–Kier alpha value is -2.60. The minimum Gasteiger partial charge on any atom is -0.374 e. The first-order chi connectivity index (χ1) is 16.7. The number of aromatic nitrogens is 1. The number of hydrogen-bond donors (Lipinski definition) is 1. The van der Waals surface area contributed by atoms with Crippen molar-refractivity contribution in [1.29, 1.82) is 0 Å². The molecular formula is C28H36N4O2. The zero-order chi connectivity index (χ0) is 23.1. The van der Waals surface area contributed by atoms with E-state index in [9.17, 15) is 4.79 Å². The van der Waals surface area contributed by atoms with Gasteiger partial charge in [0.05, 0.1) is 36.7 Å². The molecule has 4 fully saturated rings. The van der Waals surface area contributed by atoms with Crippen LogP contribution in [0.2, 0.25) is 0 Å². The van der Waals surface area contributed by atoms with Crippen molar-refractivity contribution in [3.8, 4) is 0 Å². The third kappa shape index (κ3) is 4.06. The molecule has 2 unspecified atom stereocenters. The summed E-state index contributed by atoms with van der Waals surface area (Å²) >= 11 is 0. The molecular weight excluding hydrogens is 424 g/mol. The van der Waals surface area contributed by atoms with Gasteiger partial charge in [0.2, 0.25) is 5.91 Å². The molecule has 2 aromatic rings. The molecule has 6 nitrogen and oxygen atoms in total. The summed E-state index contributed by atoms with van der Waals surface area (Å²) in [5.41, 5.74) is 4.21. The summed E-state index contributed by atoms with van der Waals surface area (Å²) in [6, 6.07) is 11.0. The topological polar surface area (TPSA) is 57.7 Å². The molecule has 2 bridgehead atoms. The summed E-state index contributed by atoms with van der Waals surface area (Å²) in [5.74, 6) is 2.03. The van der Waals surface area contributed by atoms with E-state index in [1.165, 1.54) is 37.8 Å². The molecule has 0 radical (unpaired) electrons. The molecule has 0 spiro atoms. The van der Waals surface area contributed by atoms with Crippen molar-refractivity contribution in [3.05, 3.63) is 42.1 Å². The van der Waals surface area contributed by atoms with Crippen molar-refractivity contribution in [2.24, 2.45) is 11.8 Å². The second-order valence-corrected chi connectivity index (χ2v) is 10.6. The third-order valence-electron chi connectivity index (χ3n) is 8.42. The van der Waals surface area contributed by atoms with Crippen LogP contribution < -0.4 is 15.1 Å². The van der Waals surface area contributed by atoms with Gasteiger partial charge in [-0.2, -0.15) is 0 Å². The van der Waals surface area contributed by atoms with Gasteiger partial charge in [0.1, 0.15) is 5.82 Å². The highest BCUT2D eigenvalue weighted by Crippen LogP contribution is 2.42. The lowest BCUT2D eigenvalue weighted by Crippen LogP contribution is -2.54. The van der Waals surface area contributed by atoms with Gasteiger partial charge >= 0.3 is 0 Å². The van der Waals surface area contributed by atoms with Gasteiger partial charge in [0.15, 0.2) is 0 Å². The molecule has 3 saturated heterocycles. The van der Waals surface area contributed by atoms with Crippen molar-refractivity contribution in [1.82, 2.24) is 4.98 Å². The Bertz CT molecular complexity index is 1040. The number of carbonyl (C=O) groups is 1. The van der Waals surface area contributed by atoms with E-state index in [0.29, 0.717) is 18.7 Å². The molecule has 5 aliphatic rings. The van der Waals surface area contributed by atoms with Crippen molar-refractivity contribution in [2.45, 2.75) is 77.0 Å². The van der Waals surface area contributed by atoms with Gasteiger partial charge in [-0.25, -0.2) is 4.98 Å². The lowest BCUT2D eigenvalue weighted by molar-refractivity contribution is -0.123. The van der Waals surface area contributed by atoms with Crippen molar-refractivity contribution in [2.75, 3.05) is 28.3 Å². The number of piperidine rings is 1. The van der Waals surface area contributed by atoms with Crippen LogP contribution in [0.1, 0.15) is 63.9 Å². The van der Waals surface area contributed by atoms with Crippen LogP contribution in [0.4, 0.5) is 22.9 Å². The van der Waals surface area contributed by atoms with Crippen molar-refractivity contribution < 1.29 is 9.53 Å². The lowest BCUT2D eigenvalue weighted by atomic mass is 9.79. The van der Waals surface area contributed by atoms with Crippen LogP contribution in [0.5, 0.6) is 0 Å². The fourth-order valence-corrected chi connectivity index (χ4v) is 6.48. The highest BCUT2D eigenvalue weighted by molar-refractivity contribution is 6.00. The highest BCUT2D eigenvalue weighted by atomic mass is 16.5. The van der Waals surface area contributed by atoms with Gasteiger partial charge in [-0.3, -0.25) is 4.79 Å². The predicted octanol–water partition coefficient (Wildman–Crippen LogP) is 5.65. The molecule has 1 aromatic carbocycles.